The molecule has 2 N–H and O–H groups in total. The third-order valence-corrected chi connectivity index (χ3v) is 4.80. The Morgan fingerprint density at radius 3 is 2.37 bits per heavy atom. The fraction of sp³-hybridized carbons (Fsp3) is 0.111. The number of hydrogen-bond donors (Lipinski definition) is 2. The Morgan fingerprint density at radius 1 is 1.00 bits per heavy atom. The van der Waals surface area contributed by atoms with Crippen LogP contribution >= 0.6 is 23.2 Å². The van der Waals surface area contributed by atoms with Crippen molar-refractivity contribution in [2.75, 3.05) is 10.6 Å². The van der Waals surface area contributed by atoms with E-state index in [1.54, 1.807) is 18.2 Å². The number of aryl methyl sites for hydroxylation is 2. The van der Waals surface area contributed by atoms with Crippen LogP contribution in [-0.4, -0.2) is 14.9 Å². The van der Waals surface area contributed by atoms with Crippen LogP contribution in [0.4, 0.5) is 28.7 Å². The molecule has 27 heavy (non-hydrogen) atoms. The summed E-state index contributed by atoms with van der Waals surface area (Å²) in [5, 5.41) is 18.1. The van der Waals surface area contributed by atoms with E-state index >= 15 is 0 Å². The topological polar surface area (TPSA) is 93.0 Å². The second kappa shape index (κ2) is 7.77. The minimum atomic E-state index is -0.551. The molecule has 1 heterocycles. The van der Waals surface area contributed by atoms with Crippen molar-refractivity contribution in [3.63, 3.8) is 0 Å². The van der Waals surface area contributed by atoms with E-state index in [0.717, 1.165) is 11.1 Å². The molecule has 0 aliphatic carbocycles. The molecule has 2 aromatic carbocycles. The maximum absolute atomic E-state index is 11.7. The van der Waals surface area contributed by atoms with Crippen molar-refractivity contribution in [1.82, 2.24) is 9.97 Å². The lowest BCUT2D eigenvalue weighted by atomic mass is 10.1. The standard InChI is InChI=1S/C18H15Cl2N5O2/c1-10-6-7-12(8-11(10)2)23-17-16(25(26)27)18(22-9-21-17)24-14-5-3-4-13(19)15(14)20/h3-9H,1-2H3,(H2,21,22,23,24). The van der Waals surface area contributed by atoms with Crippen molar-refractivity contribution < 1.29 is 4.92 Å². The number of aromatic nitrogens is 2. The minimum Gasteiger partial charge on any atom is -0.334 e. The average molecular weight is 404 g/mol. The van der Waals surface area contributed by atoms with Gasteiger partial charge in [-0.15, -0.1) is 0 Å². The molecule has 3 rings (SSSR count). The molecule has 0 fully saturated rings. The number of anilines is 4. The van der Waals surface area contributed by atoms with Gasteiger partial charge in [0.2, 0.25) is 11.6 Å². The maximum atomic E-state index is 11.7. The van der Waals surface area contributed by atoms with Gasteiger partial charge in [0.05, 0.1) is 20.7 Å². The molecule has 0 aliphatic rings. The van der Waals surface area contributed by atoms with Gasteiger partial charge in [-0.1, -0.05) is 35.3 Å². The van der Waals surface area contributed by atoms with Crippen LogP contribution in [0.3, 0.4) is 0 Å². The Balaban J connectivity index is 2.01. The fourth-order valence-corrected chi connectivity index (χ4v) is 2.77. The smallest absolute Gasteiger partial charge is 0.334 e. The predicted molar refractivity (Wildman–Crippen MR) is 108 cm³/mol. The van der Waals surface area contributed by atoms with Crippen LogP contribution in [-0.2, 0) is 0 Å². The van der Waals surface area contributed by atoms with Gasteiger partial charge in [0.15, 0.2) is 0 Å². The third kappa shape index (κ3) is 4.10. The van der Waals surface area contributed by atoms with Gasteiger partial charge < -0.3 is 10.6 Å². The summed E-state index contributed by atoms with van der Waals surface area (Å²) in [6.07, 6.45) is 1.23. The molecule has 9 heteroatoms. The lowest BCUT2D eigenvalue weighted by molar-refractivity contribution is -0.383. The van der Waals surface area contributed by atoms with E-state index in [4.69, 9.17) is 23.2 Å². The van der Waals surface area contributed by atoms with Gasteiger partial charge in [0.25, 0.3) is 0 Å². The van der Waals surface area contributed by atoms with Crippen molar-refractivity contribution in [2.45, 2.75) is 13.8 Å². The highest BCUT2D eigenvalue weighted by atomic mass is 35.5. The molecule has 7 nitrogen and oxygen atoms in total. The zero-order chi connectivity index (χ0) is 19.6. The normalized spacial score (nSPS) is 10.5. The van der Waals surface area contributed by atoms with Gasteiger partial charge in [0, 0.05) is 5.69 Å². The van der Waals surface area contributed by atoms with Gasteiger partial charge in [-0.3, -0.25) is 10.1 Å². The summed E-state index contributed by atoms with van der Waals surface area (Å²) >= 11 is 12.2. The first kappa shape index (κ1) is 18.9. The second-order valence-corrected chi connectivity index (χ2v) is 6.61. The summed E-state index contributed by atoms with van der Waals surface area (Å²) in [4.78, 5) is 19.2. The van der Waals surface area contributed by atoms with Gasteiger partial charge in [-0.05, 0) is 49.2 Å². The highest BCUT2D eigenvalue weighted by molar-refractivity contribution is 6.43. The van der Waals surface area contributed by atoms with Crippen molar-refractivity contribution in [2.24, 2.45) is 0 Å². The Labute approximate surface area is 165 Å². The molecule has 0 aliphatic heterocycles. The van der Waals surface area contributed by atoms with Crippen LogP contribution in [0.5, 0.6) is 0 Å². The molecule has 0 saturated carbocycles. The maximum Gasteiger partial charge on any atom is 0.353 e. The minimum absolute atomic E-state index is 0.00509. The lowest BCUT2D eigenvalue weighted by Crippen LogP contribution is -2.06. The molecule has 0 saturated heterocycles. The molecular weight excluding hydrogens is 389 g/mol. The summed E-state index contributed by atoms with van der Waals surface area (Å²) in [5.74, 6) is 0.0735. The van der Waals surface area contributed by atoms with Crippen molar-refractivity contribution in [3.8, 4) is 0 Å². The van der Waals surface area contributed by atoms with Gasteiger partial charge in [-0.2, -0.15) is 0 Å². The number of rotatable bonds is 5. The summed E-state index contributed by atoms with van der Waals surface area (Å²) in [6.45, 7) is 3.95. The Bertz CT molecular complexity index is 1030. The Morgan fingerprint density at radius 2 is 1.70 bits per heavy atom. The molecule has 0 unspecified atom stereocenters. The van der Waals surface area contributed by atoms with Crippen LogP contribution in [0.1, 0.15) is 11.1 Å². The Kier molecular flexibility index (Phi) is 5.43. The third-order valence-electron chi connectivity index (χ3n) is 3.98. The largest absolute Gasteiger partial charge is 0.353 e. The Hall–Kier alpha value is -2.90. The predicted octanol–water partition coefficient (Wildman–Crippen LogP) is 5.80. The van der Waals surface area contributed by atoms with Crippen molar-refractivity contribution in [3.05, 3.63) is 74.0 Å². The van der Waals surface area contributed by atoms with Gasteiger partial charge in [-0.25, -0.2) is 9.97 Å². The number of benzene rings is 2. The highest BCUT2D eigenvalue weighted by Crippen LogP contribution is 2.36. The van der Waals surface area contributed by atoms with E-state index in [0.29, 0.717) is 16.4 Å². The van der Waals surface area contributed by atoms with E-state index in [2.05, 4.69) is 20.6 Å². The summed E-state index contributed by atoms with van der Waals surface area (Å²) in [6, 6.07) is 10.6. The molecule has 138 valence electrons. The molecule has 0 amide bonds. The van der Waals surface area contributed by atoms with Crippen LogP contribution in [0.2, 0.25) is 10.0 Å². The molecule has 0 atom stereocenters. The summed E-state index contributed by atoms with van der Waals surface area (Å²) < 4.78 is 0. The van der Waals surface area contributed by atoms with Gasteiger partial charge in [0.1, 0.15) is 6.33 Å². The quantitative estimate of drug-likeness (QED) is 0.413. The van der Waals surface area contributed by atoms with Crippen LogP contribution in [0.15, 0.2) is 42.7 Å². The molecule has 3 aromatic rings. The van der Waals surface area contributed by atoms with Gasteiger partial charge >= 0.3 is 5.69 Å². The number of nitrogens with one attached hydrogen (secondary N) is 2. The van der Waals surface area contributed by atoms with E-state index in [9.17, 15) is 10.1 Å². The summed E-state index contributed by atoms with van der Waals surface area (Å²) in [5.41, 5.74) is 2.97. The number of hydrogen-bond acceptors (Lipinski definition) is 6. The lowest BCUT2D eigenvalue weighted by Gasteiger charge is -2.12. The van der Waals surface area contributed by atoms with Crippen molar-refractivity contribution in [1.29, 1.82) is 0 Å². The SMILES string of the molecule is Cc1ccc(Nc2ncnc(Nc3cccc(Cl)c3Cl)c2[N+](=O)[O-])cc1C. The zero-order valence-corrected chi connectivity index (χ0v) is 16.0. The van der Waals surface area contributed by atoms with E-state index < -0.39 is 4.92 Å². The highest BCUT2D eigenvalue weighted by Gasteiger charge is 2.24. The van der Waals surface area contributed by atoms with Crippen LogP contribution in [0, 0.1) is 24.0 Å². The van der Waals surface area contributed by atoms with Crippen LogP contribution in [0.25, 0.3) is 0 Å². The molecule has 0 bridgehead atoms. The first-order valence-electron chi connectivity index (χ1n) is 7.91. The zero-order valence-electron chi connectivity index (χ0n) is 14.5. The fourth-order valence-electron chi connectivity index (χ4n) is 2.42. The van der Waals surface area contributed by atoms with E-state index in [-0.39, 0.29) is 22.3 Å². The average Bonchev–Trinajstić information content (AvgIpc) is 2.62. The van der Waals surface area contributed by atoms with Crippen molar-refractivity contribution >= 4 is 51.9 Å². The molecule has 0 radical (unpaired) electrons. The van der Waals surface area contributed by atoms with Crippen LogP contribution < -0.4 is 10.6 Å². The number of nitro groups is 1. The first-order valence-corrected chi connectivity index (χ1v) is 8.67. The van der Waals surface area contributed by atoms with E-state index in [1.807, 2.05) is 32.0 Å². The number of nitrogens with zero attached hydrogens (tertiary/aromatic N) is 3. The first-order chi connectivity index (χ1) is 12.9. The van der Waals surface area contributed by atoms with E-state index in [1.165, 1.54) is 6.33 Å². The second-order valence-electron chi connectivity index (χ2n) is 5.83. The molecule has 0 spiro atoms. The molecule has 1 aromatic heterocycles. The molecular formula is C18H15Cl2N5O2. The monoisotopic (exact) mass is 403 g/mol. The number of halogens is 2. The summed E-state index contributed by atoms with van der Waals surface area (Å²) in [7, 11) is 0.